The predicted octanol–water partition coefficient (Wildman–Crippen LogP) is 1.18. The molecule has 23 heavy (non-hydrogen) atoms. The topological polar surface area (TPSA) is 84.4 Å². The summed E-state index contributed by atoms with van der Waals surface area (Å²) in [5.74, 6) is -0.326. The van der Waals surface area contributed by atoms with Gasteiger partial charge in [-0.3, -0.25) is 4.98 Å². The van der Waals surface area contributed by atoms with Gasteiger partial charge in [0.2, 0.25) is 10.0 Å². The summed E-state index contributed by atoms with van der Waals surface area (Å²) in [6.45, 7) is 0.212. The van der Waals surface area contributed by atoms with Gasteiger partial charge < -0.3 is 0 Å². The highest BCUT2D eigenvalue weighted by Crippen LogP contribution is 2.23. The van der Waals surface area contributed by atoms with Gasteiger partial charge in [0.15, 0.2) is 9.84 Å². The van der Waals surface area contributed by atoms with E-state index in [1.807, 2.05) is 30.3 Å². The Hall–Kier alpha value is -1.51. The lowest BCUT2D eigenvalue weighted by molar-refractivity contribution is 0.457. The molecule has 0 aliphatic carbocycles. The molecule has 1 aromatic heterocycles. The lowest BCUT2D eigenvalue weighted by atomic mass is 10.1. The minimum atomic E-state index is -3.62. The molecule has 1 unspecified atom stereocenters. The Morgan fingerprint density at radius 3 is 2.78 bits per heavy atom. The number of hydrogen-bond donors (Lipinski definition) is 0. The van der Waals surface area contributed by atoms with Crippen molar-refractivity contribution in [2.45, 2.75) is 18.2 Å². The molecule has 124 valence electrons. The summed E-state index contributed by atoms with van der Waals surface area (Å²) in [6.07, 6.45) is 1.88. The SMILES string of the molecule is CN(Cc1ccc2ncccc2c1)S(=O)(=O)C1CCS(=O)(=O)C1. The number of hydrogen-bond acceptors (Lipinski definition) is 5. The summed E-state index contributed by atoms with van der Waals surface area (Å²) in [7, 11) is -5.36. The standard InChI is InChI=1S/C15H18N2O4S2/c1-17(23(20,21)14-6-8-22(18,19)11-14)10-12-4-5-15-13(9-12)3-2-7-16-15/h2-5,7,9,14H,6,8,10-11H2,1H3. The molecule has 0 radical (unpaired) electrons. The monoisotopic (exact) mass is 354 g/mol. The van der Waals surface area contributed by atoms with Gasteiger partial charge in [0.1, 0.15) is 0 Å². The first-order valence-corrected chi connectivity index (χ1v) is 10.6. The molecule has 1 atom stereocenters. The van der Waals surface area contributed by atoms with Gasteiger partial charge in [-0.15, -0.1) is 0 Å². The molecule has 2 heterocycles. The van der Waals surface area contributed by atoms with Crippen molar-refractivity contribution in [2.24, 2.45) is 0 Å². The van der Waals surface area contributed by atoms with Gasteiger partial charge in [-0.05, 0) is 30.2 Å². The molecule has 1 aliphatic rings. The number of sulfonamides is 1. The van der Waals surface area contributed by atoms with Crippen LogP contribution in [0, 0.1) is 0 Å². The second-order valence-corrected chi connectivity index (χ2v) is 10.4. The van der Waals surface area contributed by atoms with Crippen molar-refractivity contribution in [3.05, 3.63) is 42.1 Å². The molecule has 6 nitrogen and oxygen atoms in total. The number of nitrogens with zero attached hydrogens (tertiary/aromatic N) is 2. The second kappa shape index (κ2) is 5.85. The van der Waals surface area contributed by atoms with Crippen LogP contribution in [0.25, 0.3) is 10.9 Å². The van der Waals surface area contributed by atoms with Crippen LogP contribution in [-0.2, 0) is 26.4 Å². The maximum Gasteiger partial charge on any atom is 0.218 e. The molecule has 1 saturated heterocycles. The zero-order valence-corrected chi connectivity index (χ0v) is 14.3. The van der Waals surface area contributed by atoms with Crippen molar-refractivity contribution in [1.82, 2.24) is 9.29 Å². The third-order valence-corrected chi connectivity index (χ3v) is 8.34. The molecule has 1 aromatic carbocycles. The fourth-order valence-electron chi connectivity index (χ4n) is 2.82. The second-order valence-electron chi connectivity index (χ2n) is 5.86. The number of sulfone groups is 1. The number of fused-ring (bicyclic) bond motifs is 1. The summed E-state index contributed by atoms with van der Waals surface area (Å²) >= 11 is 0. The largest absolute Gasteiger partial charge is 0.256 e. The molecule has 1 fully saturated rings. The number of aromatic nitrogens is 1. The van der Waals surface area contributed by atoms with Gasteiger partial charge in [-0.1, -0.05) is 12.1 Å². The minimum Gasteiger partial charge on any atom is -0.256 e. The highest BCUT2D eigenvalue weighted by atomic mass is 32.2. The van der Waals surface area contributed by atoms with E-state index in [-0.39, 0.29) is 24.5 Å². The van der Waals surface area contributed by atoms with Crippen molar-refractivity contribution >= 4 is 30.8 Å². The maximum absolute atomic E-state index is 12.5. The number of pyridine rings is 1. The van der Waals surface area contributed by atoms with Crippen LogP contribution in [0.5, 0.6) is 0 Å². The molecule has 8 heteroatoms. The molecule has 0 saturated carbocycles. The fourth-order valence-corrected chi connectivity index (χ4v) is 7.08. The summed E-state index contributed by atoms with van der Waals surface area (Å²) in [4.78, 5) is 4.23. The molecule has 3 rings (SSSR count). The summed E-state index contributed by atoms with van der Waals surface area (Å²) in [5.41, 5.74) is 1.70. The van der Waals surface area contributed by atoms with Crippen molar-refractivity contribution in [2.75, 3.05) is 18.6 Å². The van der Waals surface area contributed by atoms with Crippen molar-refractivity contribution in [1.29, 1.82) is 0 Å². The third kappa shape index (κ3) is 3.39. The lowest BCUT2D eigenvalue weighted by Crippen LogP contribution is -2.36. The van der Waals surface area contributed by atoms with Crippen LogP contribution in [0.2, 0.25) is 0 Å². The smallest absolute Gasteiger partial charge is 0.218 e. The highest BCUT2D eigenvalue weighted by Gasteiger charge is 2.39. The van der Waals surface area contributed by atoms with Crippen LogP contribution in [0.1, 0.15) is 12.0 Å². The first-order chi connectivity index (χ1) is 10.8. The Morgan fingerprint density at radius 1 is 1.30 bits per heavy atom. The van der Waals surface area contributed by atoms with Crippen LogP contribution in [0.15, 0.2) is 36.5 Å². The highest BCUT2D eigenvalue weighted by molar-refractivity contribution is 7.95. The Bertz CT molecular complexity index is 939. The van der Waals surface area contributed by atoms with Gasteiger partial charge in [0.05, 0.1) is 22.3 Å². The maximum atomic E-state index is 12.5. The molecule has 0 bridgehead atoms. The predicted molar refractivity (Wildman–Crippen MR) is 89.2 cm³/mol. The molecule has 0 N–H and O–H groups in total. The van der Waals surface area contributed by atoms with Crippen LogP contribution < -0.4 is 0 Å². The normalized spacial score (nSPS) is 21.0. The van der Waals surface area contributed by atoms with E-state index in [9.17, 15) is 16.8 Å². The Kier molecular flexibility index (Phi) is 4.16. The zero-order chi connectivity index (χ0) is 16.7. The van der Waals surface area contributed by atoms with E-state index in [1.165, 1.54) is 11.4 Å². The molecule has 0 spiro atoms. The molecular weight excluding hydrogens is 336 g/mol. The number of benzene rings is 1. The zero-order valence-electron chi connectivity index (χ0n) is 12.7. The third-order valence-electron chi connectivity index (χ3n) is 4.12. The quantitative estimate of drug-likeness (QED) is 0.823. The summed E-state index contributed by atoms with van der Waals surface area (Å²) in [6, 6.07) is 9.34. The Labute approximate surface area is 136 Å². The van der Waals surface area contributed by atoms with E-state index in [1.54, 1.807) is 6.20 Å². The van der Waals surface area contributed by atoms with Gasteiger partial charge in [0, 0.05) is 25.2 Å². The lowest BCUT2D eigenvalue weighted by Gasteiger charge is -2.21. The van der Waals surface area contributed by atoms with Gasteiger partial charge >= 0.3 is 0 Å². The molecular formula is C15H18N2O4S2. The first kappa shape index (κ1) is 16.4. The molecule has 1 aliphatic heterocycles. The van der Waals surface area contributed by atoms with Crippen molar-refractivity contribution in [3.63, 3.8) is 0 Å². The first-order valence-electron chi connectivity index (χ1n) is 7.27. The van der Waals surface area contributed by atoms with E-state index in [0.717, 1.165) is 16.5 Å². The van der Waals surface area contributed by atoms with Gasteiger partial charge in [-0.25, -0.2) is 21.1 Å². The van der Waals surface area contributed by atoms with Gasteiger partial charge in [0.25, 0.3) is 0 Å². The summed E-state index contributed by atoms with van der Waals surface area (Å²) in [5, 5.41) is 0.110. The average Bonchev–Trinajstić information content (AvgIpc) is 2.88. The van der Waals surface area contributed by atoms with E-state index >= 15 is 0 Å². The molecule has 0 amide bonds. The van der Waals surface area contributed by atoms with E-state index in [4.69, 9.17) is 0 Å². The number of rotatable bonds is 4. The minimum absolute atomic E-state index is 0.0492. The van der Waals surface area contributed by atoms with E-state index < -0.39 is 25.1 Å². The Balaban J connectivity index is 1.81. The van der Waals surface area contributed by atoms with Crippen molar-refractivity contribution < 1.29 is 16.8 Å². The van der Waals surface area contributed by atoms with E-state index in [0.29, 0.717) is 0 Å². The van der Waals surface area contributed by atoms with Crippen LogP contribution in [0.4, 0.5) is 0 Å². The summed E-state index contributed by atoms with van der Waals surface area (Å²) < 4.78 is 49.4. The Morgan fingerprint density at radius 2 is 2.09 bits per heavy atom. The van der Waals surface area contributed by atoms with E-state index in [2.05, 4.69) is 4.98 Å². The fraction of sp³-hybridized carbons (Fsp3) is 0.400. The van der Waals surface area contributed by atoms with Crippen LogP contribution >= 0.6 is 0 Å². The van der Waals surface area contributed by atoms with Crippen LogP contribution in [-0.4, -0.2) is 49.9 Å². The van der Waals surface area contributed by atoms with Crippen LogP contribution in [0.3, 0.4) is 0 Å². The van der Waals surface area contributed by atoms with Gasteiger partial charge in [-0.2, -0.15) is 0 Å². The molecule has 2 aromatic rings. The van der Waals surface area contributed by atoms with Crippen molar-refractivity contribution in [3.8, 4) is 0 Å². The average molecular weight is 354 g/mol.